The molecule has 0 saturated heterocycles. The van der Waals surface area contributed by atoms with E-state index in [1.807, 2.05) is 30.7 Å². The molecule has 224 valence electrons. The highest BCUT2D eigenvalue weighted by atomic mass is 19.4. The van der Waals surface area contributed by atoms with Crippen LogP contribution in [0.4, 0.5) is 18.9 Å². The van der Waals surface area contributed by atoms with Crippen molar-refractivity contribution in [2.45, 2.75) is 82.3 Å². The van der Waals surface area contributed by atoms with Gasteiger partial charge in [-0.15, -0.1) is 10.2 Å². The minimum atomic E-state index is -4.59. The molecule has 3 aliphatic rings. The molecule has 0 unspecified atom stereocenters. The molecule has 2 aromatic carbocycles. The predicted octanol–water partition coefficient (Wildman–Crippen LogP) is 5.52. The van der Waals surface area contributed by atoms with Gasteiger partial charge in [-0.05, 0) is 86.9 Å². The topological polar surface area (TPSA) is 81.5 Å². The van der Waals surface area contributed by atoms with Crippen LogP contribution >= 0.6 is 0 Å². The van der Waals surface area contributed by atoms with E-state index < -0.39 is 23.1 Å². The summed E-state index contributed by atoms with van der Waals surface area (Å²) in [6, 6.07) is 8.33. The predicted molar refractivity (Wildman–Crippen MR) is 150 cm³/mol. The number of alkyl halides is 3. The van der Waals surface area contributed by atoms with Crippen LogP contribution in [0.25, 0.3) is 0 Å². The van der Waals surface area contributed by atoms with Gasteiger partial charge in [0.15, 0.2) is 0 Å². The number of hydrogen-bond donors (Lipinski definition) is 1. The molecule has 8 nitrogen and oxygen atoms in total. The normalized spacial score (nSPS) is 23.0. The first kappa shape index (κ1) is 28.7. The Kier molecular flexibility index (Phi) is 7.08. The van der Waals surface area contributed by atoms with Gasteiger partial charge in [0.2, 0.25) is 0 Å². The van der Waals surface area contributed by atoms with Crippen molar-refractivity contribution in [1.82, 2.24) is 20.1 Å². The number of aryl methyl sites for hydroxylation is 1. The molecule has 1 N–H and O–H groups in total. The van der Waals surface area contributed by atoms with Crippen molar-refractivity contribution in [3.05, 3.63) is 70.3 Å². The summed E-state index contributed by atoms with van der Waals surface area (Å²) in [5.41, 5.74) is 0.499. The van der Waals surface area contributed by atoms with Crippen LogP contribution in [0.15, 0.2) is 36.7 Å². The second-order valence-electron chi connectivity index (χ2n) is 12.1. The van der Waals surface area contributed by atoms with Gasteiger partial charge in [-0.3, -0.25) is 4.79 Å². The van der Waals surface area contributed by atoms with E-state index >= 15 is 0 Å². The van der Waals surface area contributed by atoms with Crippen LogP contribution in [0, 0.1) is 0 Å². The van der Waals surface area contributed by atoms with Gasteiger partial charge in [0.25, 0.3) is 5.91 Å². The van der Waals surface area contributed by atoms with Crippen molar-refractivity contribution in [3.63, 3.8) is 0 Å². The third-order valence-corrected chi connectivity index (χ3v) is 9.27. The van der Waals surface area contributed by atoms with E-state index in [0.717, 1.165) is 30.7 Å². The number of rotatable bonds is 9. The minimum Gasteiger partial charge on any atom is -0.494 e. The zero-order valence-corrected chi connectivity index (χ0v) is 24.3. The molecule has 1 aromatic heterocycles. The zero-order chi connectivity index (χ0) is 29.9. The molecule has 1 amide bonds. The highest BCUT2D eigenvalue weighted by molar-refractivity contribution is 6.10. The first-order valence-electron chi connectivity index (χ1n) is 14.4. The molecule has 42 heavy (non-hydrogen) atoms. The van der Waals surface area contributed by atoms with E-state index in [0.29, 0.717) is 36.4 Å². The number of hydrogen-bond acceptors (Lipinski definition) is 6. The Balaban J connectivity index is 1.39. The van der Waals surface area contributed by atoms with Crippen molar-refractivity contribution in [2.24, 2.45) is 7.05 Å². The van der Waals surface area contributed by atoms with Crippen LogP contribution in [0.2, 0.25) is 0 Å². The van der Waals surface area contributed by atoms with E-state index in [1.165, 1.54) is 11.0 Å². The Labute approximate surface area is 243 Å². The fraction of sp³-hybridized carbons (Fsp3) is 0.516. The maximum Gasteiger partial charge on any atom is 0.416 e. The largest absolute Gasteiger partial charge is 0.494 e. The van der Waals surface area contributed by atoms with E-state index in [-0.39, 0.29) is 35.9 Å². The van der Waals surface area contributed by atoms with Crippen molar-refractivity contribution < 1.29 is 27.4 Å². The molecule has 2 saturated carbocycles. The molecule has 1 aliphatic heterocycles. The number of anilines is 1. The maximum absolute atomic E-state index is 14.3. The van der Waals surface area contributed by atoms with Crippen molar-refractivity contribution in [1.29, 1.82) is 0 Å². The summed E-state index contributed by atoms with van der Waals surface area (Å²) < 4.78 is 56.4. The lowest BCUT2D eigenvalue weighted by Gasteiger charge is -2.46. The molecule has 0 atom stereocenters. The molecular formula is C31H36F3N5O3. The summed E-state index contributed by atoms with van der Waals surface area (Å²) in [5.74, 6) is 0.830. The van der Waals surface area contributed by atoms with Crippen LogP contribution < -0.4 is 15.0 Å². The highest BCUT2D eigenvalue weighted by Gasteiger charge is 2.51. The number of fused-ring (bicyclic) bond motifs is 1. The molecule has 0 spiro atoms. The summed E-state index contributed by atoms with van der Waals surface area (Å²) in [6.07, 6.45) is 1.42. The number of amides is 1. The van der Waals surface area contributed by atoms with Crippen molar-refractivity contribution >= 4 is 11.6 Å². The minimum absolute atomic E-state index is 0.000532. The van der Waals surface area contributed by atoms with E-state index in [9.17, 15) is 18.0 Å². The Hall–Kier alpha value is -3.44. The first-order valence-corrected chi connectivity index (χ1v) is 14.4. The number of ether oxygens (including phenoxy) is 2. The first-order chi connectivity index (χ1) is 20.0. The molecule has 6 rings (SSSR count). The van der Waals surface area contributed by atoms with Crippen molar-refractivity contribution in [2.75, 3.05) is 18.6 Å². The lowest BCUT2D eigenvalue weighted by Crippen LogP contribution is -2.48. The fourth-order valence-corrected chi connectivity index (χ4v) is 6.64. The van der Waals surface area contributed by atoms with E-state index in [2.05, 4.69) is 22.4 Å². The van der Waals surface area contributed by atoms with Gasteiger partial charge in [0, 0.05) is 43.6 Å². The maximum atomic E-state index is 14.3. The smallest absolute Gasteiger partial charge is 0.416 e. The molecule has 2 aliphatic carbocycles. The third-order valence-electron chi connectivity index (χ3n) is 9.27. The average molecular weight is 584 g/mol. The monoisotopic (exact) mass is 583 g/mol. The summed E-state index contributed by atoms with van der Waals surface area (Å²) in [5, 5.41) is 11.9. The molecule has 3 aromatic rings. The van der Waals surface area contributed by atoms with Crippen LogP contribution in [0.5, 0.6) is 5.75 Å². The van der Waals surface area contributed by atoms with Gasteiger partial charge in [0.05, 0.1) is 30.2 Å². The number of carbonyl (C=O) groups excluding carboxylic acids is 1. The summed E-state index contributed by atoms with van der Waals surface area (Å²) in [7, 11) is 3.55. The Bertz CT molecular complexity index is 1510. The number of benzene rings is 2. The Morgan fingerprint density at radius 1 is 1.14 bits per heavy atom. The van der Waals surface area contributed by atoms with Gasteiger partial charge in [0.1, 0.15) is 17.9 Å². The average Bonchev–Trinajstić information content (AvgIpc) is 3.48. The lowest BCUT2D eigenvalue weighted by molar-refractivity contribution is -0.138. The molecule has 2 heterocycles. The third kappa shape index (κ3) is 4.86. The van der Waals surface area contributed by atoms with Gasteiger partial charge in [-0.1, -0.05) is 0 Å². The van der Waals surface area contributed by atoms with E-state index in [1.54, 1.807) is 25.6 Å². The zero-order valence-electron chi connectivity index (χ0n) is 24.3. The quantitative estimate of drug-likeness (QED) is 0.357. The molecule has 2 fully saturated rings. The number of aromatic nitrogens is 3. The Morgan fingerprint density at radius 3 is 2.50 bits per heavy atom. The van der Waals surface area contributed by atoms with Crippen molar-refractivity contribution in [3.8, 4) is 5.75 Å². The van der Waals surface area contributed by atoms with Gasteiger partial charge < -0.3 is 24.3 Å². The van der Waals surface area contributed by atoms with Crippen LogP contribution in [0.3, 0.4) is 0 Å². The second kappa shape index (κ2) is 10.4. The number of nitrogens with zero attached hydrogens (tertiary/aromatic N) is 4. The summed E-state index contributed by atoms with van der Waals surface area (Å²) >= 11 is 0. The second-order valence-corrected chi connectivity index (χ2v) is 12.1. The number of carbonyl (C=O) groups is 1. The molecule has 0 radical (unpaired) electrons. The van der Waals surface area contributed by atoms with Gasteiger partial charge >= 0.3 is 6.18 Å². The molecular weight excluding hydrogens is 547 g/mol. The fourth-order valence-electron chi connectivity index (χ4n) is 6.64. The summed E-state index contributed by atoms with van der Waals surface area (Å²) in [6.45, 7) is 4.42. The number of halogens is 3. The Morgan fingerprint density at radius 2 is 1.90 bits per heavy atom. The number of nitrogens with one attached hydrogen (secondary N) is 1. The van der Waals surface area contributed by atoms with Crippen LogP contribution in [-0.2, 0) is 36.5 Å². The summed E-state index contributed by atoms with van der Waals surface area (Å²) in [4.78, 5) is 15.3. The molecule has 11 heteroatoms. The van der Waals surface area contributed by atoms with Gasteiger partial charge in [-0.25, -0.2) is 0 Å². The van der Waals surface area contributed by atoms with Crippen LogP contribution in [-0.4, -0.2) is 46.0 Å². The lowest BCUT2D eigenvalue weighted by atomic mass is 9.62. The SMILES string of the molecule is CCOc1cc(N2Cc3c(cc(CNC4(C)CCC4)cc3C(F)(F)F)C2=O)cc([C@]2(c3nncn3C)C[C@H](OC)C2)c1. The molecule has 0 bridgehead atoms. The van der Waals surface area contributed by atoms with Crippen LogP contribution in [0.1, 0.15) is 84.4 Å². The van der Waals surface area contributed by atoms with Gasteiger partial charge in [-0.2, -0.15) is 13.2 Å². The van der Waals surface area contributed by atoms with E-state index in [4.69, 9.17) is 9.47 Å². The highest BCUT2D eigenvalue weighted by Crippen LogP contribution is 2.51. The number of methoxy groups -OCH3 is 1. The standard InChI is InChI=1S/C31H36F3N5O3/c1-5-42-22-12-20(30(14-23(15-30)41-4)28-37-36-18-38(28)3)11-21(13-22)39-17-25-24(27(39)40)9-19(10-26(25)31(32,33)34)16-35-29(2)7-6-8-29/h9-13,18,23,35H,5-8,14-17H2,1-4H3/t23-,30-.